The van der Waals surface area contributed by atoms with E-state index in [4.69, 9.17) is 16.0 Å². The topological polar surface area (TPSA) is 75.2 Å². The fourth-order valence-electron chi connectivity index (χ4n) is 2.37. The summed E-state index contributed by atoms with van der Waals surface area (Å²) in [5.41, 5.74) is 1.55. The fourth-order valence-corrected chi connectivity index (χ4v) is 2.55. The van der Waals surface area contributed by atoms with Crippen LogP contribution in [0.2, 0.25) is 5.02 Å². The normalized spacial score (nSPS) is 11.4. The lowest BCUT2D eigenvalue weighted by molar-refractivity contribution is 0.469. The molecule has 0 amide bonds. The van der Waals surface area contributed by atoms with Crippen LogP contribution in [0.1, 0.15) is 11.1 Å². The molecule has 0 saturated heterocycles. The van der Waals surface area contributed by atoms with Gasteiger partial charge in [-0.2, -0.15) is 5.11 Å². The summed E-state index contributed by atoms with van der Waals surface area (Å²) in [4.78, 5) is 12.1. The number of halogens is 1. The number of rotatable bonds is 2. The minimum Gasteiger partial charge on any atom is -0.505 e. The van der Waals surface area contributed by atoms with Crippen molar-refractivity contribution in [3.8, 4) is 5.75 Å². The van der Waals surface area contributed by atoms with E-state index in [1.807, 2.05) is 19.9 Å². The Bertz CT molecular complexity index is 993. The zero-order valence-corrected chi connectivity index (χ0v) is 13.3. The third-order valence-electron chi connectivity index (χ3n) is 3.36. The van der Waals surface area contributed by atoms with Gasteiger partial charge >= 0.3 is 5.63 Å². The maximum absolute atomic E-state index is 12.1. The van der Waals surface area contributed by atoms with Gasteiger partial charge in [0.1, 0.15) is 5.58 Å². The van der Waals surface area contributed by atoms with Crippen LogP contribution in [-0.4, -0.2) is 5.11 Å². The van der Waals surface area contributed by atoms with E-state index in [0.29, 0.717) is 21.7 Å². The van der Waals surface area contributed by atoms with Gasteiger partial charge in [0.25, 0.3) is 0 Å². The molecule has 1 aromatic heterocycles. The molecule has 3 aromatic rings. The Kier molecular flexibility index (Phi) is 3.88. The smallest absolute Gasteiger partial charge is 0.368 e. The molecular weight excluding hydrogens is 316 g/mol. The summed E-state index contributed by atoms with van der Waals surface area (Å²) in [5, 5.41) is 19.1. The molecule has 5 nitrogen and oxygen atoms in total. The Hall–Kier alpha value is -2.66. The molecule has 0 bridgehead atoms. The predicted octanol–water partition coefficient (Wildman–Crippen LogP) is 5.18. The van der Waals surface area contributed by atoms with Crippen LogP contribution in [0.4, 0.5) is 11.4 Å². The molecule has 6 heteroatoms. The van der Waals surface area contributed by atoms with Crippen molar-refractivity contribution in [2.24, 2.45) is 10.2 Å². The summed E-state index contributed by atoms with van der Waals surface area (Å²) in [6, 6.07) is 10.3. The summed E-state index contributed by atoms with van der Waals surface area (Å²) < 4.78 is 5.28. The zero-order valence-electron chi connectivity index (χ0n) is 12.5. The largest absolute Gasteiger partial charge is 0.505 e. The molecular formula is C17H13ClN2O3. The summed E-state index contributed by atoms with van der Waals surface area (Å²) in [7, 11) is 0. The van der Waals surface area contributed by atoms with Gasteiger partial charge in [-0.1, -0.05) is 23.7 Å². The van der Waals surface area contributed by atoms with Gasteiger partial charge in [0.2, 0.25) is 5.69 Å². The van der Waals surface area contributed by atoms with Crippen LogP contribution in [-0.2, 0) is 0 Å². The van der Waals surface area contributed by atoms with Crippen LogP contribution in [0.25, 0.3) is 11.0 Å². The van der Waals surface area contributed by atoms with E-state index in [2.05, 4.69) is 10.2 Å². The standard InChI is InChI=1S/C17H13ClN2O3/c1-9-6-10(2)16-13(7-9)15(21)14(17(22)23-16)20-19-12-5-3-4-11(18)8-12/h3-8,21H,1-2H3. The predicted molar refractivity (Wildman–Crippen MR) is 89.3 cm³/mol. The molecule has 116 valence electrons. The number of fused-ring (bicyclic) bond motifs is 1. The highest BCUT2D eigenvalue weighted by molar-refractivity contribution is 6.30. The Labute approximate surface area is 136 Å². The van der Waals surface area contributed by atoms with E-state index < -0.39 is 5.63 Å². The molecule has 0 spiro atoms. The molecule has 23 heavy (non-hydrogen) atoms. The van der Waals surface area contributed by atoms with E-state index in [0.717, 1.165) is 11.1 Å². The van der Waals surface area contributed by atoms with E-state index in [9.17, 15) is 9.90 Å². The molecule has 0 saturated carbocycles. The number of benzene rings is 2. The monoisotopic (exact) mass is 328 g/mol. The summed E-state index contributed by atoms with van der Waals surface area (Å²) in [5.74, 6) is -0.242. The summed E-state index contributed by atoms with van der Waals surface area (Å²) in [6.07, 6.45) is 0. The fraction of sp³-hybridized carbons (Fsp3) is 0.118. The molecule has 0 unspecified atom stereocenters. The zero-order chi connectivity index (χ0) is 16.6. The average molecular weight is 329 g/mol. The van der Waals surface area contributed by atoms with Gasteiger partial charge in [-0.15, -0.1) is 5.11 Å². The third kappa shape index (κ3) is 2.96. The highest BCUT2D eigenvalue weighted by Gasteiger charge is 2.15. The Morgan fingerprint density at radius 1 is 1.13 bits per heavy atom. The Morgan fingerprint density at radius 2 is 1.91 bits per heavy atom. The lowest BCUT2D eigenvalue weighted by Gasteiger charge is -2.06. The molecule has 0 fully saturated rings. The van der Waals surface area contributed by atoms with Crippen LogP contribution >= 0.6 is 11.6 Å². The molecule has 0 radical (unpaired) electrons. The molecule has 0 aliphatic heterocycles. The van der Waals surface area contributed by atoms with Gasteiger partial charge in [-0.25, -0.2) is 4.79 Å². The van der Waals surface area contributed by atoms with Crippen LogP contribution in [0.15, 0.2) is 55.8 Å². The van der Waals surface area contributed by atoms with Crippen molar-refractivity contribution < 1.29 is 9.52 Å². The van der Waals surface area contributed by atoms with Gasteiger partial charge in [-0.3, -0.25) is 0 Å². The van der Waals surface area contributed by atoms with E-state index >= 15 is 0 Å². The van der Waals surface area contributed by atoms with Crippen LogP contribution in [0.3, 0.4) is 0 Å². The van der Waals surface area contributed by atoms with Crippen molar-refractivity contribution in [1.82, 2.24) is 0 Å². The molecule has 2 aromatic carbocycles. The van der Waals surface area contributed by atoms with Crippen molar-refractivity contribution in [2.75, 3.05) is 0 Å². The number of aryl methyl sites for hydroxylation is 2. The minimum absolute atomic E-state index is 0.234. The van der Waals surface area contributed by atoms with Gasteiger partial charge in [0, 0.05) is 5.02 Å². The minimum atomic E-state index is -0.743. The first-order chi connectivity index (χ1) is 11.0. The Morgan fingerprint density at radius 3 is 2.65 bits per heavy atom. The van der Waals surface area contributed by atoms with E-state index in [1.54, 1.807) is 30.3 Å². The van der Waals surface area contributed by atoms with E-state index in [1.165, 1.54) is 0 Å². The van der Waals surface area contributed by atoms with Gasteiger partial charge in [0.15, 0.2) is 5.75 Å². The highest BCUT2D eigenvalue weighted by Crippen LogP contribution is 2.34. The number of aromatic hydroxyl groups is 1. The van der Waals surface area contributed by atoms with Crippen molar-refractivity contribution in [1.29, 1.82) is 0 Å². The van der Waals surface area contributed by atoms with Gasteiger partial charge < -0.3 is 9.52 Å². The first-order valence-corrected chi connectivity index (χ1v) is 7.28. The lowest BCUT2D eigenvalue weighted by atomic mass is 10.1. The average Bonchev–Trinajstić information content (AvgIpc) is 2.48. The molecule has 3 rings (SSSR count). The SMILES string of the molecule is Cc1cc(C)c2oc(=O)c(N=Nc3cccc(Cl)c3)c(O)c2c1. The molecule has 0 aliphatic carbocycles. The molecule has 0 aliphatic rings. The van der Waals surface area contributed by atoms with Crippen molar-refractivity contribution >= 4 is 33.9 Å². The molecule has 0 atom stereocenters. The molecule has 1 heterocycles. The van der Waals surface area contributed by atoms with Crippen LogP contribution < -0.4 is 5.63 Å². The maximum Gasteiger partial charge on any atom is 0.368 e. The summed E-state index contributed by atoms with van der Waals surface area (Å²) in [6.45, 7) is 3.70. The number of hydrogen-bond donors (Lipinski definition) is 1. The first kappa shape index (κ1) is 15.2. The Balaban J connectivity index is 2.16. The van der Waals surface area contributed by atoms with Crippen molar-refractivity contribution in [3.63, 3.8) is 0 Å². The quantitative estimate of drug-likeness (QED) is 0.520. The van der Waals surface area contributed by atoms with E-state index in [-0.39, 0.29) is 11.4 Å². The summed E-state index contributed by atoms with van der Waals surface area (Å²) >= 11 is 5.87. The van der Waals surface area contributed by atoms with Gasteiger partial charge in [0.05, 0.1) is 11.1 Å². The second-order valence-corrected chi connectivity index (χ2v) is 5.66. The lowest BCUT2D eigenvalue weighted by Crippen LogP contribution is -1.99. The second-order valence-electron chi connectivity index (χ2n) is 5.23. The maximum atomic E-state index is 12.1. The highest BCUT2D eigenvalue weighted by atomic mass is 35.5. The van der Waals surface area contributed by atoms with Crippen LogP contribution in [0, 0.1) is 13.8 Å². The first-order valence-electron chi connectivity index (χ1n) is 6.90. The second kappa shape index (κ2) is 5.85. The van der Waals surface area contributed by atoms with Crippen molar-refractivity contribution in [2.45, 2.75) is 13.8 Å². The molecule has 1 N–H and O–H groups in total. The number of azo groups is 1. The van der Waals surface area contributed by atoms with Gasteiger partial charge in [-0.05, 0) is 49.2 Å². The van der Waals surface area contributed by atoms with Crippen LogP contribution in [0.5, 0.6) is 5.75 Å². The number of hydrogen-bond acceptors (Lipinski definition) is 5. The number of nitrogens with zero attached hydrogens (tertiary/aromatic N) is 2. The third-order valence-corrected chi connectivity index (χ3v) is 3.60. The van der Waals surface area contributed by atoms with Crippen molar-refractivity contribution in [3.05, 3.63) is 63.0 Å².